The molecule has 0 saturated carbocycles. The molecular formula is C9H9Cl2FO3S. The van der Waals surface area contributed by atoms with Gasteiger partial charge in [0.25, 0.3) is 0 Å². The lowest BCUT2D eigenvalue weighted by atomic mass is 10.3. The predicted octanol–water partition coefficient (Wildman–Crippen LogP) is 2.82. The van der Waals surface area contributed by atoms with Crippen LogP contribution in [0.3, 0.4) is 0 Å². The van der Waals surface area contributed by atoms with E-state index < -0.39 is 14.9 Å². The van der Waals surface area contributed by atoms with Gasteiger partial charge in [-0.25, -0.2) is 12.8 Å². The van der Waals surface area contributed by atoms with Gasteiger partial charge in [-0.05, 0) is 18.6 Å². The average molecular weight is 287 g/mol. The lowest BCUT2D eigenvalue weighted by molar-refractivity contribution is 0.302. The molecule has 7 heteroatoms. The van der Waals surface area contributed by atoms with Crippen LogP contribution in [0.2, 0.25) is 5.02 Å². The van der Waals surface area contributed by atoms with Gasteiger partial charge in [-0.2, -0.15) is 0 Å². The van der Waals surface area contributed by atoms with Crippen molar-refractivity contribution in [2.45, 2.75) is 6.42 Å². The molecule has 0 aliphatic rings. The maximum absolute atomic E-state index is 13.2. The molecule has 0 aliphatic carbocycles. The molecular weight excluding hydrogens is 278 g/mol. The molecule has 0 radical (unpaired) electrons. The summed E-state index contributed by atoms with van der Waals surface area (Å²) in [6.07, 6.45) is 0.177. The Hall–Kier alpha value is -0.520. The van der Waals surface area contributed by atoms with E-state index >= 15 is 0 Å². The molecule has 0 spiro atoms. The molecule has 1 rings (SSSR count). The monoisotopic (exact) mass is 286 g/mol. The highest BCUT2D eigenvalue weighted by Gasteiger charge is 2.09. The lowest BCUT2D eigenvalue weighted by Crippen LogP contribution is -2.05. The molecule has 90 valence electrons. The number of para-hydroxylation sites is 1. The molecule has 0 unspecified atom stereocenters. The number of benzene rings is 1. The van der Waals surface area contributed by atoms with Crippen LogP contribution >= 0.6 is 22.3 Å². The largest absolute Gasteiger partial charge is 0.489 e. The summed E-state index contributed by atoms with van der Waals surface area (Å²) < 4.78 is 39.4. The molecule has 16 heavy (non-hydrogen) atoms. The molecule has 0 N–H and O–H groups in total. The normalized spacial score (nSPS) is 11.4. The number of hydrogen-bond donors (Lipinski definition) is 0. The molecule has 1 aromatic rings. The van der Waals surface area contributed by atoms with Gasteiger partial charge in [0.15, 0.2) is 11.6 Å². The molecule has 0 amide bonds. The van der Waals surface area contributed by atoms with Crippen LogP contribution in [0.5, 0.6) is 5.75 Å². The van der Waals surface area contributed by atoms with Gasteiger partial charge in [0.2, 0.25) is 9.05 Å². The van der Waals surface area contributed by atoms with Crippen molar-refractivity contribution < 1.29 is 17.5 Å². The molecule has 0 saturated heterocycles. The van der Waals surface area contributed by atoms with E-state index in [9.17, 15) is 12.8 Å². The molecule has 3 nitrogen and oxygen atoms in total. The minimum absolute atomic E-state index is 0.0343. The van der Waals surface area contributed by atoms with Crippen LogP contribution in [-0.4, -0.2) is 20.8 Å². The van der Waals surface area contributed by atoms with Gasteiger partial charge < -0.3 is 4.74 Å². The first-order valence-corrected chi connectivity index (χ1v) is 7.25. The van der Waals surface area contributed by atoms with Gasteiger partial charge in [0.1, 0.15) is 0 Å². The Morgan fingerprint density at radius 3 is 2.62 bits per heavy atom. The third-order valence-electron chi connectivity index (χ3n) is 1.70. The zero-order chi connectivity index (χ0) is 12.2. The second-order valence-corrected chi connectivity index (χ2v) is 6.30. The summed E-state index contributed by atoms with van der Waals surface area (Å²) in [6.45, 7) is 0.0343. The van der Waals surface area contributed by atoms with E-state index in [1.165, 1.54) is 18.2 Å². The Labute approximate surface area is 103 Å². The average Bonchev–Trinajstić information content (AvgIpc) is 2.14. The van der Waals surface area contributed by atoms with Crippen LogP contribution in [0, 0.1) is 5.82 Å². The standard InChI is InChI=1S/C9H9Cl2FO3S/c10-7-3-1-4-8(12)9(7)15-5-2-6-16(11,13)14/h1,3-4H,2,5-6H2. The quantitative estimate of drug-likeness (QED) is 0.618. The summed E-state index contributed by atoms with van der Waals surface area (Å²) >= 11 is 5.69. The van der Waals surface area contributed by atoms with E-state index in [4.69, 9.17) is 27.0 Å². The Morgan fingerprint density at radius 2 is 2.06 bits per heavy atom. The first-order chi connectivity index (χ1) is 7.40. The van der Waals surface area contributed by atoms with Crippen molar-refractivity contribution in [2.75, 3.05) is 12.4 Å². The van der Waals surface area contributed by atoms with Gasteiger partial charge in [-0.1, -0.05) is 17.7 Å². The van der Waals surface area contributed by atoms with Gasteiger partial charge in [0.05, 0.1) is 17.4 Å². The van der Waals surface area contributed by atoms with Gasteiger partial charge in [0, 0.05) is 10.7 Å². The van der Waals surface area contributed by atoms with Gasteiger partial charge in [-0.3, -0.25) is 0 Å². The number of ether oxygens (including phenoxy) is 1. The van der Waals surface area contributed by atoms with E-state index in [1.807, 2.05) is 0 Å². The minimum atomic E-state index is -3.53. The van der Waals surface area contributed by atoms with Crippen LogP contribution < -0.4 is 4.74 Å². The van der Waals surface area contributed by atoms with Gasteiger partial charge >= 0.3 is 0 Å². The maximum atomic E-state index is 13.2. The fourth-order valence-corrected chi connectivity index (χ4v) is 2.03. The van der Waals surface area contributed by atoms with Crippen LogP contribution in [0.15, 0.2) is 18.2 Å². The van der Waals surface area contributed by atoms with E-state index in [0.717, 1.165) is 0 Å². The number of hydrogen-bond acceptors (Lipinski definition) is 3. The van der Waals surface area contributed by atoms with Crippen molar-refractivity contribution in [1.82, 2.24) is 0 Å². The van der Waals surface area contributed by atoms with E-state index in [0.29, 0.717) is 0 Å². The first kappa shape index (κ1) is 13.5. The van der Waals surface area contributed by atoms with Crippen LogP contribution in [0.4, 0.5) is 4.39 Å². The lowest BCUT2D eigenvalue weighted by Gasteiger charge is -2.07. The highest BCUT2D eigenvalue weighted by molar-refractivity contribution is 8.13. The second-order valence-electron chi connectivity index (χ2n) is 3.00. The van der Waals surface area contributed by atoms with Crippen molar-refractivity contribution in [3.05, 3.63) is 29.0 Å². The summed E-state index contributed by atoms with van der Waals surface area (Å²) in [5.74, 6) is -0.877. The van der Waals surface area contributed by atoms with E-state index in [1.54, 1.807) is 0 Å². The number of halogens is 3. The topological polar surface area (TPSA) is 43.4 Å². The minimum Gasteiger partial charge on any atom is -0.489 e. The highest BCUT2D eigenvalue weighted by Crippen LogP contribution is 2.27. The Kier molecular flexibility index (Phi) is 4.83. The predicted molar refractivity (Wildman–Crippen MR) is 61.2 cm³/mol. The summed E-state index contributed by atoms with van der Waals surface area (Å²) in [7, 11) is 1.46. The smallest absolute Gasteiger partial charge is 0.232 e. The zero-order valence-electron chi connectivity index (χ0n) is 8.12. The maximum Gasteiger partial charge on any atom is 0.232 e. The van der Waals surface area contributed by atoms with Crippen molar-refractivity contribution in [1.29, 1.82) is 0 Å². The Balaban J connectivity index is 2.49. The van der Waals surface area contributed by atoms with Crippen LogP contribution in [-0.2, 0) is 9.05 Å². The van der Waals surface area contributed by atoms with Crippen LogP contribution in [0.25, 0.3) is 0 Å². The van der Waals surface area contributed by atoms with Crippen molar-refractivity contribution in [3.63, 3.8) is 0 Å². The molecule has 0 aromatic heterocycles. The second kappa shape index (κ2) is 5.70. The van der Waals surface area contributed by atoms with E-state index in [-0.39, 0.29) is 29.6 Å². The molecule has 0 bridgehead atoms. The van der Waals surface area contributed by atoms with Crippen LogP contribution in [0.1, 0.15) is 6.42 Å². The fraction of sp³-hybridized carbons (Fsp3) is 0.333. The third kappa shape index (κ3) is 4.55. The Morgan fingerprint density at radius 1 is 1.38 bits per heavy atom. The molecule has 0 heterocycles. The molecule has 1 aromatic carbocycles. The van der Waals surface area contributed by atoms with Crippen molar-refractivity contribution >= 4 is 31.3 Å². The molecule has 0 aliphatic heterocycles. The Bertz CT molecular complexity index is 442. The molecule has 0 atom stereocenters. The summed E-state index contributed by atoms with van der Waals surface area (Å²) in [6, 6.07) is 4.14. The summed E-state index contributed by atoms with van der Waals surface area (Å²) in [4.78, 5) is 0. The third-order valence-corrected chi connectivity index (χ3v) is 3.23. The SMILES string of the molecule is O=S(=O)(Cl)CCCOc1c(F)cccc1Cl. The van der Waals surface area contributed by atoms with Crippen molar-refractivity contribution in [3.8, 4) is 5.75 Å². The van der Waals surface area contributed by atoms with E-state index in [2.05, 4.69) is 0 Å². The summed E-state index contributed by atoms with van der Waals surface area (Å²) in [5.41, 5.74) is 0. The first-order valence-electron chi connectivity index (χ1n) is 4.39. The molecule has 0 fully saturated rings. The fourth-order valence-electron chi connectivity index (χ4n) is 1.03. The van der Waals surface area contributed by atoms with Crippen molar-refractivity contribution in [2.24, 2.45) is 0 Å². The number of rotatable bonds is 5. The summed E-state index contributed by atoms with van der Waals surface area (Å²) in [5, 5.41) is 0.147. The van der Waals surface area contributed by atoms with Gasteiger partial charge in [-0.15, -0.1) is 0 Å². The zero-order valence-corrected chi connectivity index (χ0v) is 10.4. The highest BCUT2D eigenvalue weighted by atomic mass is 35.7.